The summed E-state index contributed by atoms with van der Waals surface area (Å²) in [6.07, 6.45) is -9.67. The number of aromatic nitrogens is 5. The molecule has 3 unspecified atom stereocenters. The number of pyridine rings is 1. The number of amides is 1. The van der Waals surface area contributed by atoms with E-state index in [4.69, 9.17) is 28.8 Å². The van der Waals surface area contributed by atoms with E-state index in [-0.39, 0.29) is 28.1 Å². The molecule has 0 spiro atoms. The lowest BCUT2D eigenvalue weighted by Crippen LogP contribution is -2.46. The molecule has 0 radical (unpaired) electrons. The van der Waals surface area contributed by atoms with Gasteiger partial charge >= 0.3 is 29.4 Å². The number of aliphatic hydroxyl groups excluding tert-OH is 3. The number of nitro benzene ring substituents is 1. The number of ether oxygens (including phenoxy) is 2. The van der Waals surface area contributed by atoms with Crippen LogP contribution in [0.3, 0.4) is 0 Å². The molecule has 6 rings (SSSR count). The maximum atomic E-state index is 13.1. The summed E-state index contributed by atoms with van der Waals surface area (Å²) in [7, 11) is -16.6. The number of nitrogen functional groups attached to an aromatic ring is 1. The number of hydrogen-bond donors (Lipinski definition) is 10. The largest absolute Gasteiger partial charge is 0.481 e. The lowest BCUT2D eigenvalue weighted by atomic mass is 10.0. The van der Waals surface area contributed by atoms with Gasteiger partial charge in [0.15, 0.2) is 42.2 Å². The Hall–Kier alpha value is -4.77. The molecule has 0 aliphatic carbocycles. The van der Waals surface area contributed by atoms with Gasteiger partial charge in [-0.05, 0) is 12.1 Å². The van der Waals surface area contributed by atoms with Crippen LogP contribution in [0.2, 0.25) is 0 Å². The number of carbonyl (C=O) groups excluding carboxylic acids is 1. The number of carboxylic acids is 1. The zero-order valence-corrected chi connectivity index (χ0v) is 33.1. The van der Waals surface area contributed by atoms with E-state index in [1.165, 1.54) is 30.5 Å². The summed E-state index contributed by atoms with van der Waals surface area (Å²) in [5.41, 5.74) is 4.64. The Morgan fingerprint density at radius 3 is 2.25 bits per heavy atom. The Morgan fingerprint density at radius 1 is 0.951 bits per heavy atom. The number of phosphoric acid groups is 3. The number of carboxylic acid groups (broad SMARTS) is 1. The van der Waals surface area contributed by atoms with Gasteiger partial charge in [0.05, 0.1) is 30.0 Å². The summed E-state index contributed by atoms with van der Waals surface area (Å²) < 4.78 is 68.9. The van der Waals surface area contributed by atoms with Crippen LogP contribution < -0.4 is 15.6 Å². The monoisotopic (exact) mass is 923 g/mol. The molecule has 0 saturated carbocycles. The van der Waals surface area contributed by atoms with Gasteiger partial charge in [-0.2, -0.15) is 8.88 Å². The zero-order chi connectivity index (χ0) is 44.6. The first-order valence-electron chi connectivity index (χ1n) is 17.0. The van der Waals surface area contributed by atoms with E-state index in [1.807, 2.05) is 0 Å². The second-order valence-corrected chi connectivity index (χ2v) is 17.2. The Kier molecular flexibility index (Phi) is 13.4. The standard InChI is InChI=1S/C29H33N8O21P3/c30-24-19-25(32-11-31-24)36(12-33-19)28-23(57-59(46,47)48)21(39)17(56-28)10-54-61(51,52)58-60(49,50)53-9-16-20(38)22(40)27(55-16)35-7-3-4-13(8-35)26(41)34-18(29(42)43)14-5-1-2-6-15(14)37(44)45/h1-8,11-12,16-18,20-23,27-28,38-40H,9-10H2,(H7-,30,31,32,34,41,42,43,46,47,48,49,50,51,52)/p+1/t16-,17-,18?,20-,21-,22-,23-,27-,28-/m1/s1. The van der Waals surface area contributed by atoms with Crippen molar-refractivity contribution in [3.05, 3.63) is 82.7 Å². The molecule has 3 aromatic heterocycles. The molecule has 2 aliphatic heterocycles. The van der Waals surface area contributed by atoms with Crippen LogP contribution in [-0.2, 0) is 45.8 Å². The fraction of sp³-hybridized carbons (Fsp3) is 0.379. The fourth-order valence-electron chi connectivity index (χ4n) is 6.20. The molecule has 0 bridgehead atoms. The Balaban J connectivity index is 1.06. The number of phosphoric ester groups is 3. The number of fused-ring (bicyclic) bond motifs is 1. The first kappa shape index (κ1) is 45.7. The zero-order valence-electron chi connectivity index (χ0n) is 30.4. The van der Waals surface area contributed by atoms with Crippen LogP contribution in [0.4, 0.5) is 11.5 Å². The molecule has 5 heterocycles. The van der Waals surface area contributed by atoms with E-state index in [1.54, 1.807) is 0 Å². The number of nitrogens with zero attached hydrogens (tertiary/aromatic N) is 6. The maximum absolute atomic E-state index is 13.1. The predicted molar refractivity (Wildman–Crippen MR) is 193 cm³/mol. The molecular weight excluding hydrogens is 889 g/mol. The van der Waals surface area contributed by atoms with Crippen LogP contribution >= 0.6 is 23.5 Å². The molecule has 2 fully saturated rings. The fourth-order valence-corrected chi connectivity index (χ4v) is 8.84. The molecular formula is C29H34N8O21P3+. The van der Waals surface area contributed by atoms with Crippen molar-refractivity contribution in [3.8, 4) is 0 Å². The van der Waals surface area contributed by atoms with E-state index in [0.717, 1.165) is 40.1 Å². The quantitative estimate of drug-likeness (QED) is 0.0248. The van der Waals surface area contributed by atoms with E-state index in [9.17, 15) is 73.4 Å². The van der Waals surface area contributed by atoms with E-state index in [2.05, 4.69) is 24.6 Å². The van der Waals surface area contributed by atoms with Gasteiger partial charge in [0.25, 0.3) is 17.8 Å². The number of rotatable bonds is 17. The lowest BCUT2D eigenvalue weighted by Gasteiger charge is -2.22. The molecule has 1 aromatic carbocycles. The van der Waals surface area contributed by atoms with Crippen LogP contribution in [-0.4, -0.2) is 126 Å². The third kappa shape index (κ3) is 10.5. The van der Waals surface area contributed by atoms with Crippen LogP contribution in [0.5, 0.6) is 0 Å². The Labute approximate surface area is 339 Å². The Bertz CT molecular complexity index is 2460. The van der Waals surface area contributed by atoms with Crippen LogP contribution in [0, 0.1) is 10.1 Å². The second-order valence-electron chi connectivity index (χ2n) is 13.0. The molecule has 330 valence electrons. The number of nitrogens with two attached hydrogens (primary N) is 1. The number of nitro groups is 1. The van der Waals surface area contributed by atoms with Gasteiger partial charge in [-0.15, -0.1) is 0 Å². The van der Waals surface area contributed by atoms with E-state index >= 15 is 0 Å². The number of carbonyl (C=O) groups is 2. The van der Waals surface area contributed by atoms with Crippen LogP contribution in [0.25, 0.3) is 11.2 Å². The molecule has 29 nitrogen and oxygen atoms in total. The van der Waals surface area contributed by atoms with Crippen molar-refractivity contribution in [2.75, 3.05) is 18.9 Å². The minimum Gasteiger partial charge on any atom is -0.479 e. The van der Waals surface area contributed by atoms with Crippen LogP contribution in [0.1, 0.15) is 34.4 Å². The molecule has 11 N–H and O–H groups in total. The highest BCUT2D eigenvalue weighted by atomic mass is 31.3. The van der Waals surface area contributed by atoms with Crippen molar-refractivity contribution >= 4 is 58.0 Å². The Morgan fingerprint density at radius 2 is 1.61 bits per heavy atom. The summed E-state index contributed by atoms with van der Waals surface area (Å²) in [5.74, 6) is -2.74. The van der Waals surface area contributed by atoms with Crippen molar-refractivity contribution < 1.29 is 100 Å². The minimum atomic E-state index is -5.63. The highest BCUT2D eigenvalue weighted by Crippen LogP contribution is 2.61. The number of benzene rings is 1. The van der Waals surface area contributed by atoms with E-state index < -0.39 is 114 Å². The summed E-state index contributed by atoms with van der Waals surface area (Å²) in [6.45, 7) is -2.22. The summed E-state index contributed by atoms with van der Waals surface area (Å²) >= 11 is 0. The predicted octanol–water partition coefficient (Wildman–Crippen LogP) is -1.53. The number of nitrogens with one attached hydrogen (secondary N) is 1. The second kappa shape index (κ2) is 17.9. The SMILES string of the molecule is Nc1ncnc2c1ncn2[C@@H]1O[C@H](COP(=O)(O)OP(=O)(O)OC[C@H]2O[C@@H]([n+]3cccc(C(=O)NC(C(=O)O)c4ccccc4[N+](=O)[O-])c3)[C@H](O)[C@@H]2O)[C@@H](O)[C@H]1OP(=O)(O)O. The first-order valence-corrected chi connectivity index (χ1v) is 21.5. The summed E-state index contributed by atoms with van der Waals surface area (Å²) in [6, 6.07) is 5.46. The molecule has 1 amide bonds. The molecule has 2 saturated heterocycles. The van der Waals surface area contributed by atoms with Gasteiger partial charge in [0, 0.05) is 12.1 Å². The molecule has 61 heavy (non-hydrogen) atoms. The number of imidazole rings is 1. The summed E-state index contributed by atoms with van der Waals surface area (Å²) in [4.78, 5) is 86.9. The van der Waals surface area contributed by atoms with Crippen molar-refractivity contribution in [1.82, 2.24) is 24.8 Å². The topological polar surface area (TPSA) is 431 Å². The van der Waals surface area contributed by atoms with Gasteiger partial charge in [0.1, 0.15) is 47.9 Å². The average Bonchev–Trinajstić information content (AvgIpc) is 3.84. The van der Waals surface area contributed by atoms with Gasteiger partial charge in [-0.1, -0.05) is 12.1 Å². The van der Waals surface area contributed by atoms with Gasteiger partial charge in [-0.3, -0.25) is 33.0 Å². The third-order valence-corrected chi connectivity index (χ3v) is 12.0. The maximum Gasteiger partial charge on any atom is 0.481 e. The highest BCUT2D eigenvalue weighted by molar-refractivity contribution is 7.61. The molecule has 32 heteroatoms. The van der Waals surface area contributed by atoms with Gasteiger partial charge in [0.2, 0.25) is 0 Å². The van der Waals surface area contributed by atoms with Crippen LogP contribution in [0.15, 0.2) is 61.4 Å². The molecule has 11 atom stereocenters. The van der Waals surface area contributed by atoms with Crippen molar-refractivity contribution in [2.45, 2.75) is 55.1 Å². The lowest BCUT2D eigenvalue weighted by molar-refractivity contribution is -0.765. The minimum absolute atomic E-state index is 0.0309. The normalized spacial score (nSPS) is 26.7. The number of para-hydroxylation sites is 1. The number of aliphatic hydroxyl groups is 3. The smallest absolute Gasteiger partial charge is 0.479 e. The average molecular weight is 924 g/mol. The summed E-state index contributed by atoms with van der Waals surface area (Å²) in [5, 5.41) is 55.6. The highest BCUT2D eigenvalue weighted by Gasteiger charge is 2.52. The van der Waals surface area contributed by atoms with Gasteiger partial charge in [-0.25, -0.2) is 33.4 Å². The third-order valence-electron chi connectivity index (χ3n) is 8.93. The number of hydrogen-bond acceptors (Lipinski definition) is 20. The molecule has 4 aromatic rings. The number of anilines is 1. The van der Waals surface area contributed by atoms with Crippen molar-refractivity contribution in [3.63, 3.8) is 0 Å². The van der Waals surface area contributed by atoms with Gasteiger partial charge < -0.3 is 60.5 Å². The van der Waals surface area contributed by atoms with E-state index in [0.29, 0.717) is 0 Å². The van der Waals surface area contributed by atoms with Crippen molar-refractivity contribution in [1.29, 1.82) is 0 Å². The van der Waals surface area contributed by atoms with Crippen molar-refractivity contribution in [2.24, 2.45) is 0 Å². The first-order chi connectivity index (χ1) is 28.6. The number of aliphatic carboxylic acids is 1. The molecule has 2 aliphatic rings.